The molecule has 1 aliphatic rings. The van der Waals surface area contributed by atoms with Gasteiger partial charge in [0, 0.05) is 12.0 Å². The number of hydrogen-bond acceptors (Lipinski definition) is 3. The molecule has 0 heterocycles. The molecule has 0 unspecified atom stereocenters. The van der Waals surface area contributed by atoms with Crippen molar-refractivity contribution in [2.45, 2.75) is 18.4 Å². The summed E-state index contributed by atoms with van der Waals surface area (Å²) in [6, 6.07) is 17.4. The third kappa shape index (κ3) is 3.56. The average molecular weight is 407 g/mol. The van der Waals surface area contributed by atoms with Crippen LogP contribution < -0.4 is 5.32 Å². The minimum absolute atomic E-state index is 0.0461. The van der Waals surface area contributed by atoms with Gasteiger partial charge < -0.3 is 10.1 Å². The molecule has 3 aromatic rings. The predicted octanol–water partition coefficient (Wildman–Crippen LogP) is 3.98. The number of ether oxygens (including phenoxy) is 1. The Morgan fingerprint density at radius 2 is 1.57 bits per heavy atom. The Kier molecular flexibility index (Phi) is 5.31. The van der Waals surface area contributed by atoms with Crippen LogP contribution in [0.4, 0.5) is 8.78 Å². The van der Waals surface area contributed by atoms with Crippen molar-refractivity contribution in [3.05, 3.63) is 95.1 Å². The molecule has 0 fully saturated rings. The number of esters is 1. The maximum atomic E-state index is 14.0. The van der Waals surface area contributed by atoms with Crippen LogP contribution in [-0.2, 0) is 20.7 Å². The summed E-state index contributed by atoms with van der Waals surface area (Å²) < 4.78 is 32.1. The summed E-state index contributed by atoms with van der Waals surface area (Å²) in [5, 5.41) is 2.71. The maximum Gasteiger partial charge on any atom is 0.329 e. The number of amides is 1. The lowest BCUT2D eigenvalue weighted by atomic mass is 9.89. The van der Waals surface area contributed by atoms with E-state index in [-0.39, 0.29) is 12.0 Å². The van der Waals surface area contributed by atoms with E-state index in [0.717, 1.165) is 34.4 Å². The molecule has 1 aliphatic carbocycles. The summed E-state index contributed by atoms with van der Waals surface area (Å²) in [5.41, 5.74) is 3.84. The van der Waals surface area contributed by atoms with Gasteiger partial charge >= 0.3 is 5.97 Å². The quantitative estimate of drug-likeness (QED) is 0.651. The largest absolute Gasteiger partial charge is 0.467 e. The Hall–Kier alpha value is -3.54. The molecule has 0 saturated carbocycles. The number of rotatable bonds is 5. The lowest BCUT2D eigenvalue weighted by molar-refractivity contribution is -0.145. The molecule has 0 bridgehead atoms. The number of fused-ring (bicyclic) bond motifs is 3. The van der Waals surface area contributed by atoms with Gasteiger partial charge in [-0.1, -0.05) is 54.6 Å². The first-order valence-corrected chi connectivity index (χ1v) is 9.49. The molecule has 3 aromatic carbocycles. The highest BCUT2D eigenvalue weighted by molar-refractivity contribution is 5.90. The van der Waals surface area contributed by atoms with Gasteiger partial charge in [-0.25, -0.2) is 13.6 Å². The van der Waals surface area contributed by atoms with Gasteiger partial charge in [-0.05, 0) is 33.9 Å². The van der Waals surface area contributed by atoms with Crippen molar-refractivity contribution in [3.8, 4) is 11.1 Å². The lowest BCUT2D eigenvalue weighted by Gasteiger charge is -2.24. The summed E-state index contributed by atoms with van der Waals surface area (Å²) in [5.74, 6) is -3.12. The topological polar surface area (TPSA) is 55.4 Å². The highest BCUT2D eigenvalue weighted by atomic mass is 19.1. The standard InChI is InChI=1S/C24H19F2NO3/c1-30-24(29)23(27-21(28)12-14-10-11-15(25)13-20(14)26)22-18-8-4-2-6-16(18)17-7-3-5-9-19(17)22/h2-11,13,22-23H,12H2,1H3,(H,27,28)/t23-/m1/s1. The molecule has 1 atom stereocenters. The number of methoxy groups -OCH3 is 1. The summed E-state index contributed by atoms with van der Waals surface area (Å²) in [7, 11) is 1.26. The molecule has 0 aliphatic heterocycles. The van der Waals surface area contributed by atoms with Crippen molar-refractivity contribution >= 4 is 11.9 Å². The van der Waals surface area contributed by atoms with Crippen LogP contribution in [0.5, 0.6) is 0 Å². The second-order valence-electron chi connectivity index (χ2n) is 7.13. The summed E-state index contributed by atoms with van der Waals surface area (Å²) in [6.07, 6.45) is -0.324. The normalized spacial score (nSPS) is 13.3. The van der Waals surface area contributed by atoms with Crippen molar-refractivity contribution in [1.29, 1.82) is 0 Å². The van der Waals surface area contributed by atoms with E-state index in [0.29, 0.717) is 0 Å². The molecule has 4 rings (SSSR count). The van der Waals surface area contributed by atoms with E-state index in [9.17, 15) is 18.4 Å². The SMILES string of the molecule is COC(=O)[C@H](NC(=O)Cc1ccc(F)cc1F)C1c2ccccc2-c2ccccc21. The van der Waals surface area contributed by atoms with Crippen LogP contribution in [0.2, 0.25) is 0 Å². The minimum atomic E-state index is -0.990. The van der Waals surface area contributed by atoms with E-state index in [2.05, 4.69) is 5.32 Å². The van der Waals surface area contributed by atoms with Gasteiger partial charge in [0.1, 0.15) is 17.7 Å². The van der Waals surface area contributed by atoms with Gasteiger partial charge in [0.15, 0.2) is 0 Å². The van der Waals surface area contributed by atoms with Crippen molar-refractivity contribution in [3.63, 3.8) is 0 Å². The predicted molar refractivity (Wildman–Crippen MR) is 108 cm³/mol. The monoisotopic (exact) mass is 407 g/mol. The van der Waals surface area contributed by atoms with Crippen LogP contribution in [0.1, 0.15) is 22.6 Å². The van der Waals surface area contributed by atoms with E-state index in [1.807, 2.05) is 48.5 Å². The number of carbonyl (C=O) groups is 2. The smallest absolute Gasteiger partial charge is 0.329 e. The van der Waals surface area contributed by atoms with Crippen molar-refractivity contribution < 1.29 is 23.1 Å². The molecule has 30 heavy (non-hydrogen) atoms. The first-order valence-electron chi connectivity index (χ1n) is 9.49. The molecule has 0 saturated heterocycles. The van der Waals surface area contributed by atoms with Crippen LogP contribution >= 0.6 is 0 Å². The van der Waals surface area contributed by atoms with Gasteiger partial charge in [-0.3, -0.25) is 4.79 Å². The zero-order chi connectivity index (χ0) is 21.3. The maximum absolute atomic E-state index is 14.0. The minimum Gasteiger partial charge on any atom is -0.467 e. The van der Waals surface area contributed by atoms with Crippen LogP contribution in [0.15, 0.2) is 66.7 Å². The zero-order valence-electron chi connectivity index (χ0n) is 16.2. The Morgan fingerprint density at radius 1 is 0.967 bits per heavy atom. The fraction of sp³-hybridized carbons (Fsp3) is 0.167. The van der Waals surface area contributed by atoms with Gasteiger partial charge in [-0.15, -0.1) is 0 Å². The third-order valence-electron chi connectivity index (χ3n) is 5.35. The first kappa shape index (κ1) is 19.8. The molecule has 1 N–H and O–H groups in total. The van der Waals surface area contributed by atoms with E-state index in [1.165, 1.54) is 13.2 Å². The molecule has 1 amide bonds. The Morgan fingerprint density at radius 3 is 2.13 bits per heavy atom. The molecule has 6 heteroatoms. The van der Waals surface area contributed by atoms with E-state index in [1.54, 1.807) is 0 Å². The van der Waals surface area contributed by atoms with E-state index >= 15 is 0 Å². The first-order chi connectivity index (χ1) is 14.5. The molecule has 0 spiro atoms. The number of benzene rings is 3. The van der Waals surface area contributed by atoms with Gasteiger partial charge in [0.05, 0.1) is 13.5 Å². The van der Waals surface area contributed by atoms with E-state index < -0.39 is 35.5 Å². The number of carbonyl (C=O) groups excluding carboxylic acids is 2. The Labute approximate surface area is 172 Å². The zero-order valence-corrected chi connectivity index (χ0v) is 16.2. The number of halogens is 2. The summed E-state index contributed by atoms with van der Waals surface area (Å²) >= 11 is 0. The summed E-state index contributed by atoms with van der Waals surface area (Å²) in [4.78, 5) is 25.3. The van der Waals surface area contributed by atoms with Gasteiger partial charge in [0.2, 0.25) is 5.91 Å². The second-order valence-corrected chi connectivity index (χ2v) is 7.13. The average Bonchev–Trinajstić information content (AvgIpc) is 3.08. The Balaban J connectivity index is 1.67. The molecule has 152 valence electrons. The molecular weight excluding hydrogens is 388 g/mol. The Bertz CT molecular complexity index is 1080. The number of hydrogen-bond donors (Lipinski definition) is 1. The fourth-order valence-electron chi connectivity index (χ4n) is 4.02. The van der Waals surface area contributed by atoms with Crippen molar-refractivity contribution in [1.82, 2.24) is 5.32 Å². The highest BCUT2D eigenvalue weighted by Crippen LogP contribution is 2.46. The molecule has 4 nitrogen and oxygen atoms in total. The van der Waals surface area contributed by atoms with E-state index in [4.69, 9.17) is 4.74 Å². The van der Waals surface area contributed by atoms with Crippen LogP contribution in [-0.4, -0.2) is 25.0 Å². The molecule has 0 aromatic heterocycles. The fourth-order valence-corrected chi connectivity index (χ4v) is 4.02. The summed E-state index contributed by atoms with van der Waals surface area (Å²) in [6.45, 7) is 0. The van der Waals surface area contributed by atoms with Crippen LogP contribution in [0.25, 0.3) is 11.1 Å². The highest BCUT2D eigenvalue weighted by Gasteiger charge is 2.39. The number of nitrogens with one attached hydrogen (secondary N) is 1. The van der Waals surface area contributed by atoms with Crippen molar-refractivity contribution in [2.24, 2.45) is 0 Å². The molecule has 0 radical (unpaired) electrons. The van der Waals surface area contributed by atoms with Gasteiger partial charge in [0.25, 0.3) is 0 Å². The molecular formula is C24H19F2NO3. The van der Waals surface area contributed by atoms with Gasteiger partial charge in [-0.2, -0.15) is 0 Å². The van der Waals surface area contributed by atoms with Crippen LogP contribution in [0.3, 0.4) is 0 Å². The lowest BCUT2D eigenvalue weighted by Crippen LogP contribution is -2.46. The second kappa shape index (κ2) is 8.06. The third-order valence-corrected chi connectivity index (χ3v) is 5.35. The van der Waals surface area contributed by atoms with Crippen LogP contribution in [0, 0.1) is 11.6 Å². The van der Waals surface area contributed by atoms with Crippen molar-refractivity contribution in [2.75, 3.05) is 7.11 Å².